The van der Waals surface area contributed by atoms with E-state index in [1.54, 1.807) is 11.3 Å². The van der Waals surface area contributed by atoms with Gasteiger partial charge in [0, 0.05) is 22.8 Å². The second-order valence-electron chi connectivity index (χ2n) is 5.09. The van der Waals surface area contributed by atoms with E-state index in [1.807, 2.05) is 0 Å². The summed E-state index contributed by atoms with van der Waals surface area (Å²) >= 11 is 1.79. The molecule has 2 N–H and O–H groups in total. The Morgan fingerprint density at radius 2 is 2.11 bits per heavy atom. The van der Waals surface area contributed by atoms with Crippen LogP contribution in [-0.4, -0.2) is 19.0 Å². The minimum absolute atomic E-state index is 0.0839. The highest BCUT2D eigenvalue weighted by Crippen LogP contribution is 2.19. The molecule has 1 aromatic heterocycles. The van der Waals surface area contributed by atoms with Crippen LogP contribution in [0.5, 0.6) is 0 Å². The van der Waals surface area contributed by atoms with E-state index in [0.29, 0.717) is 12.5 Å². The van der Waals surface area contributed by atoms with Gasteiger partial charge in [0.05, 0.1) is 6.54 Å². The standard InChI is InChI=1S/C14H24N2OS/c1-10(2)5-6-16-14(17)9-15-8-13-7-11(3)12(4)18-13/h7,10,15H,5-6,8-9H2,1-4H3,(H,16,17). The molecule has 0 spiro atoms. The Morgan fingerprint density at radius 3 is 2.67 bits per heavy atom. The second-order valence-corrected chi connectivity index (χ2v) is 6.43. The molecule has 3 nitrogen and oxygen atoms in total. The zero-order chi connectivity index (χ0) is 13.5. The first-order valence-electron chi connectivity index (χ1n) is 6.52. The molecule has 0 aliphatic rings. The summed E-state index contributed by atoms with van der Waals surface area (Å²) in [6.45, 7) is 10.5. The quantitative estimate of drug-likeness (QED) is 0.798. The average Bonchev–Trinajstić information content (AvgIpc) is 2.57. The summed E-state index contributed by atoms with van der Waals surface area (Å²) in [7, 11) is 0. The van der Waals surface area contributed by atoms with Gasteiger partial charge in [-0.25, -0.2) is 0 Å². The molecule has 0 unspecified atom stereocenters. The van der Waals surface area contributed by atoms with Crippen LogP contribution in [0.15, 0.2) is 6.07 Å². The van der Waals surface area contributed by atoms with Crippen molar-refractivity contribution >= 4 is 17.2 Å². The maximum absolute atomic E-state index is 11.5. The molecular weight excluding hydrogens is 244 g/mol. The lowest BCUT2D eigenvalue weighted by Crippen LogP contribution is -2.34. The molecule has 0 aliphatic heterocycles. The average molecular weight is 268 g/mol. The van der Waals surface area contributed by atoms with Gasteiger partial charge in [0.25, 0.3) is 0 Å². The Kier molecular flexibility index (Phi) is 6.36. The van der Waals surface area contributed by atoms with Crippen LogP contribution in [0.2, 0.25) is 0 Å². The van der Waals surface area contributed by atoms with Crippen molar-refractivity contribution in [1.82, 2.24) is 10.6 Å². The molecule has 0 saturated carbocycles. The summed E-state index contributed by atoms with van der Waals surface area (Å²) < 4.78 is 0. The van der Waals surface area contributed by atoms with Crippen molar-refractivity contribution < 1.29 is 4.79 Å². The minimum atomic E-state index is 0.0839. The van der Waals surface area contributed by atoms with Crippen LogP contribution in [0.4, 0.5) is 0 Å². The van der Waals surface area contributed by atoms with Crippen molar-refractivity contribution in [2.75, 3.05) is 13.1 Å². The van der Waals surface area contributed by atoms with Crippen molar-refractivity contribution in [3.8, 4) is 0 Å². The molecule has 0 aliphatic carbocycles. The fourth-order valence-electron chi connectivity index (χ4n) is 1.60. The molecule has 1 rings (SSSR count). The minimum Gasteiger partial charge on any atom is -0.355 e. The molecule has 1 aromatic rings. The van der Waals surface area contributed by atoms with E-state index in [1.165, 1.54) is 15.3 Å². The van der Waals surface area contributed by atoms with Crippen LogP contribution in [-0.2, 0) is 11.3 Å². The summed E-state index contributed by atoms with van der Waals surface area (Å²) in [6, 6.07) is 2.18. The Hall–Kier alpha value is -0.870. The monoisotopic (exact) mass is 268 g/mol. The van der Waals surface area contributed by atoms with E-state index in [2.05, 4.69) is 44.4 Å². The number of carbonyl (C=O) groups is 1. The van der Waals surface area contributed by atoms with E-state index >= 15 is 0 Å². The van der Waals surface area contributed by atoms with Crippen LogP contribution in [0, 0.1) is 19.8 Å². The fraction of sp³-hybridized carbons (Fsp3) is 0.643. The van der Waals surface area contributed by atoms with Crippen molar-refractivity contribution in [3.05, 3.63) is 21.4 Å². The highest BCUT2D eigenvalue weighted by atomic mass is 32.1. The van der Waals surface area contributed by atoms with Crippen LogP contribution < -0.4 is 10.6 Å². The first-order valence-corrected chi connectivity index (χ1v) is 7.34. The number of aryl methyl sites for hydroxylation is 2. The summed E-state index contributed by atoms with van der Waals surface area (Å²) in [5.74, 6) is 0.718. The SMILES string of the molecule is Cc1cc(CNCC(=O)NCCC(C)C)sc1C. The zero-order valence-electron chi connectivity index (χ0n) is 11.8. The van der Waals surface area contributed by atoms with Crippen LogP contribution >= 0.6 is 11.3 Å². The van der Waals surface area contributed by atoms with Gasteiger partial charge in [-0.3, -0.25) is 4.79 Å². The van der Waals surface area contributed by atoms with Gasteiger partial charge in [0.2, 0.25) is 5.91 Å². The van der Waals surface area contributed by atoms with Gasteiger partial charge in [0.1, 0.15) is 0 Å². The number of thiophene rings is 1. The summed E-state index contributed by atoms with van der Waals surface area (Å²) in [5.41, 5.74) is 1.33. The summed E-state index contributed by atoms with van der Waals surface area (Å²) in [5, 5.41) is 6.10. The molecule has 4 heteroatoms. The Labute approximate surface area is 114 Å². The number of hydrogen-bond donors (Lipinski definition) is 2. The molecule has 0 radical (unpaired) electrons. The number of rotatable bonds is 7. The van der Waals surface area contributed by atoms with E-state index in [0.717, 1.165) is 19.5 Å². The smallest absolute Gasteiger partial charge is 0.233 e. The lowest BCUT2D eigenvalue weighted by atomic mass is 10.1. The molecular formula is C14H24N2OS. The van der Waals surface area contributed by atoms with Crippen molar-refractivity contribution in [3.63, 3.8) is 0 Å². The van der Waals surface area contributed by atoms with E-state index < -0.39 is 0 Å². The number of carbonyl (C=O) groups excluding carboxylic acids is 1. The third kappa shape index (κ3) is 5.65. The lowest BCUT2D eigenvalue weighted by molar-refractivity contribution is -0.120. The van der Waals surface area contributed by atoms with E-state index in [-0.39, 0.29) is 5.91 Å². The normalized spacial score (nSPS) is 10.9. The largest absolute Gasteiger partial charge is 0.355 e. The lowest BCUT2D eigenvalue weighted by Gasteiger charge is -2.07. The maximum Gasteiger partial charge on any atom is 0.233 e. The van der Waals surface area contributed by atoms with E-state index in [9.17, 15) is 4.79 Å². The molecule has 0 bridgehead atoms. The Morgan fingerprint density at radius 1 is 1.39 bits per heavy atom. The highest BCUT2D eigenvalue weighted by Gasteiger charge is 2.03. The van der Waals surface area contributed by atoms with Crippen LogP contribution in [0.25, 0.3) is 0 Å². The first kappa shape index (κ1) is 15.2. The Balaban J connectivity index is 2.15. The van der Waals surface area contributed by atoms with Gasteiger partial charge in [-0.1, -0.05) is 13.8 Å². The highest BCUT2D eigenvalue weighted by molar-refractivity contribution is 7.12. The van der Waals surface area contributed by atoms with Gasteiger partial charge >= 0.3 is 0 Å². The first-order chi connectivity index (χ1) is 8.49. The van der Waals surface area contributed by atoms with Gasteiger partial charge in [-0.05, 0) is 37.8 Å². The molecule has 0 aromatic carbocycles. The van der Waals surface area contributed by atoms with Crippen molar-refractivity contribution in [2.45, 2.75) is 40.7 Å². The predicted molar refractivity (Wildman–Crippen MR) is 78.0 cm³/mol. The van der Waals surface area contributed by atoms with Gasteiger partial charge in [-0.15, -0.1) is 11.3 Å². The Bertz CT molecular complexity index is 366. The third-order valence-corrected chi connectivity index (χ3v) is 4.00. The molecule has 0 fully saturated rings. The molecule has 1 amide bonds. The third-order valence-electron chi connectivity index (χ3n) is 2.85. The second kappa shape index (κ2) is 7.54. The molecule has 0 saturated heterocycles. The molecule has 102 valence electrons. The molecule has 1 heterocycles. The fourth-order valence-corrected chi connectivity index (χ4v) is 2.62. The predicted octanol–water partition coefficient (Wildman–Crippen LogP) is 2.62. The maximum atomic E-state index is 11.5. The zero-order valence-corrected chi connectivity index (χ0v) is 12.6. The van der Waals surface area contributed by atoms with Crippen LogP contribution in [0.1, 0.15) is 35.6 Å². The van der Waals surface area contributed by atoms with Crippen LogP contribution in [0.3, 0.4) is 0 Å². The molecule has 18 heavy (non-hydrogen) atoms. The molecule has 0 atom stereocenters. The number of amides is 1. The van der Waals surface area contributed by atoms with Crippen molar-refractivity contribution in [1.29, 1.82) is 0 Å². The van der Waals surface area contributed by atoms with Gasteiger partial charge in [-0.2, -0.15) is 0 Å². The van der Waals surface area contributed by atoms with Crippen molar-refractivity contribution in [2.24, 2.45) is 5.92 Å². The topological polar surface area (TPSA) is 41.1 Å². The summed E-state index contributed by atoms with van der Waals surface area (Å²) in [6.07, 6.45) is 1.04. The number of nitrogens with one attached hydrogen (secondary N) is 2. The van der Waals surface area contributed by atoms with Gasteiger partial charge < -0.3 is 10.6 Å². The summed E-state index contributed by atoms with van der Waals surface area (Å²) in [4.78, 5) is 14.2. The number of hydrogen-bond acceptors (Lipinski definition) is 3. The van der Waals surface area contributed by atoms with E-state index in [4.69, 9.17) is 0 Å². The van der Waals surface area contributed by atoms with Gasteiger partial charge in [0.15, 0.2) is 0 Å².